The third-order valence-electron chi connectivity index (χ3n) is 10.2. The van der Waals surface area contributed by atoms with Gasteiger partial charge in [-0.2, -0.15) is 0 Å². The van der Waals surface area contributed by atoms with E-state index in [0.29, 0.717) is 31.1 Å². The van der Waals surface area contributed by atoms with Crippen molar-refractivity contribution in [3.05, 3.63) is 108 Å². The lowest BCUT2D eigenvalue weighted by Crippen LogP contribution is -2.57. The first-order chi connectivity index (χ1) is 23.0. The molecule has 2 fully saturated rings. The molecule has 2 saturated heterocycles. The van der Waals surface area contributed by atoms with Crippen LogP contribution in [0.15, 0.2) is 91.2 Å². The monoisotopic (exact) mass is 651 g/mol. The molecule has 3 heterocycles. The molecule has 6 rings (SSSR count). The first-order valence-electron chi connectivity index (χ1n) is 17.2. The molecule has 2 aromatic carbocycles. The molecule has 0 radical (unpaired) electrons. The number of carbonyl (C=O) groups is 2. The Kier molecular flexibility index (Phi) is 10.0. The second-order valence-electron chi connectivity index (χ2n) is 14.0. The van der Waals surface area contributed by atoms with E-state index in [0.717, 1.165) is 66.9 Å². The van der Waals surface area contributed by atoms with Gasteiger partial charge in [-0.3, -0.25) is 24.3 Å². The Morgan fingerprint density at radius 1 is 1.04 bits per heavy atom. The van der Waals surface area contributed by atoms with Gasteiger partial charge in [0.2, 0.25) is 0 Å². The average Bonchev–Trinajstić information content (AvgIpc) is 3.46. The van der Waals surface area contributed by atoms with E-state index in [-0.39, 0.29) is 24.5 Å². The number of hydrogen-bond acceptors (Lipinski definition) is 6. The Hall–Kier alpha value is -4.02. The highest BCUT2D eigenvalue weighted by Gasteiger charge is 2.36. The van der Waals surface area contributed by atoms with Crippen LogP contribution in [0.25, 0.3) is 10.9 Å². The Labute approximate surface area is 284 Å². The van der Waals surface area contributed by atoms with Gasteiger partial charge in [-0.15, -0.1) is 6.58 Å². The molecule has 2 aliphatic heterocycles. The van der Waals surface area contributed by atoms with Crippen LogP contribution in [-0.4, -0.2) is 110 Å². The van der Waals surface area contributed by atoms with Gasteiger partial charge in [-0.1, -0.05) is 42.5 Å². The van der Waals surface area contributed by atoms with E-state index in [1.165, 1.54) is 0 Å². The number of carboxylic acid groups (broad SMARTS) is 1. The second-order valence-corrected chi connectivity index (χ2v) is 14.0. The standard InChI is InChI=1S/C39H49N5O4/c1-5-16-42-24-29(3)44(25-28(42)2)37(32-12-8-15-39(4,48)23-32)30-9-6-10-31(22-30)38(47)41-20-18-40(19-21-41)26-33-11-7-13-35-34(33)14-17-43(35)27-36(45)46/h5-14,17,22-23,28-29,37,48H,1,15-16,18-21,24-27H2,2-4H3,(H,45,46)/t28-,29+,37-,39?/m1/s1. The third kappa shape index (κ3) is 7.34. The summed E-state index contributed by atoms with van der Waals surface area (Å²) in [5.41, 5.74) is 3.99. The second kappa shape index (κ2) is 14.2. The van der Waals surface area contributed by atoms with Gasteiger partial charge >= 0.3 is 5.97 Å². The maximum Gasteiger partial charge on any atom is 0.323 e. The minimum Gasteiger partial charge on any atom is -0.480 e. The van der Waals surface area contributed by atoms with Gasteiger partial charge in [-0.05, 0) is 74.2 Å². The molecule has 4 atom stereocenters. The summed E-state index contributed by atoms with van der Waals surface area (Å²) in [5.74, 6) is -0.817. The minimum absolute atomic E-state index is 0.0421. The Morgan fingerprint density at radius 2 is 1.81 bits per heavy atom. The first-order valence-corrected chi connectivity index (χ1v) is 17.2. The van der Waals surface area contributed by atoms with Crippen molar-refractivity contribution < 1.29 is 19.8 Å². The molecular weight excluding hydrogens is 602 g/mol. The lowest BCUT2D eigenvalue weighted by molar-refractivity contribution is -0.137. The summed E-state index contributed by atoms with van der Waals surface area (Å²) >= 11 is 0. The van der Waals surface area contributed by atoms with Crippen molar-refractivity contribution in [2.45, 2.75) is 64.0 Å². The third-order valence-corrected chi connectivity index (χ3v) is 10.2. The zero-order valence-corrected chi connectivity index (χ0v) is 28.5. The minimum atomic E-state index is -0.914. The quantitative estimate of drug-likeness (QED) is 0.300. The van der Waals surface area contributed by atoms with Crippen molar-refractivity contribution in [1.29, 1.82) is 0 Å². The van der Waals surface area contributed by atoms with E-state index < -0.39 is 11.6 Å². The molecule has 1 amide bonds. The Bertz CT molecular complexity index is 1720. The van der Waals surface area contributed by atoms with E-state index in [1.54, 1.807) is 4.57 Å². The number of carboxylic acids is 1. The fourth-order valence-electron chi connectivity index (χ4n) is 7.73. The molecule has 0 bridgehead atoms. The molecule has 9 nitrogen and oxygen atoms in total. The molecule has 3 aliphatic rings. The lowest BCUT2D eigenvalue weighted by Gasteiger charge is -2.48. The molecule has 1 aliphatic carbocycles. The Balaban J connectivity index is 1.18. The van der Waals surface area contributed by atoms with Crippen LogP contribution in [0.5, 0.6) is 0 Å². The van der Waals surface area contributed by atoms with E-state index in [2.05, 4.69) is 65.5 Å². The molecule has 254 valence electrons. The lowest BCUT2D eigenvalue weighted by atomic mass is 9.85. The van der Waals surface area contributed by atoms with E-state index in [9.17, 15) is 19.8 Å². The van der Waals surface area contributed by atoms with Crippen LogP contribution >= 0.6 is 0 Å². The van der Waals surface area contributed by atoms with Crippen LogP contribution in [0.2, 0.25) is 0 Å². The zero-order valence-electron chi connectivity index (χ0n) is 28.5. The van der Waals surface area contributed by atoms with Gasteiger partial charge in [0.1, 0.15) is 6.54 Å². The van der Waals surface area contributed by atoms with Crippen molar-refractivity contribution in [1.82, 2.24) is 24.2 Å². The number of piperazine rings is 2. The largest absolute Gasteiger partial charge is 0.480 e. The maximum atomic E-state index is 14.0. The van der Waals surface area contributed by atoms with Crippen LogP contribution in [0.3, 0.4) is 0 Å². The zero-order chi connectivity index (χ0) is 34.0. The van der Waals surface area contributed by atoms with Crippen molar-refractivity contribution in [3.8, 4) is 0 Å². The summed E-state index contributed by atoms with van der Waals surface area (Å²) in [6, 6.07) is 16.7. The number of aliphatic hydroxyl groups is 1. The van der Waals surface area contributed by atoms with Gasteiger partial charge in [0.15, 0.2) is 0 Å². The number of nitrogens with zero attached hydrogens (tertiary/aromatic N) is 5. The molecule has 1 aromatic heterocycles. The highest BCUT2D eigenvalue weighted by Crippen LogP contribution is 2.37. The highest BCUT2D eigenvalue weighted by atomic mass is 16.4. The van der Waals surface area contributed by atoms with E-state index in [1.807, 2.05) is 60.5 Å². The number of hydrogen-bond donors (Lipinski definition) is 2. The predicted molar refractivity (Wildman–Crippen MR) is 190 cm³/mol. The molecular formula is C39H49N5O4. The van der Waals surface area contributed by atoms with Crippen LogP contribution in [0, 0.1) is 0 Å². The summed E-state index contributed by atoms with van der Waals surface area (Å²) in [7, 11) is 0. The molecule has 9 heteroatoms. The van der Waals surface area contributed by atoms with Crippen molar-refractivity contribution in [2.24, 2.45) is 0 Å². The number of carbonyl (C=O) groups excluding carboxylic acids is 1. The highest BCUT2D eigenvalue weighted by molar-refractivity contribution is 5.94. The number of fused-ring (bicyclic) bond motifs is 1. The van der Waals surface area contributed by atoms with Crippen molar-refractivity contribution in [3.63, 3.8) is 0 Å². The Morgan fingerprint density at radius 3 is 2.54 bits per heavy atom. The molecule has 2 N–H and O–H groups in total. The summed E-state index contributed by atoms with van der Waals surface area (Å²) in [6.45, 7) is 16.5. The maximum absolute atomic E-state index is 14.0. The van der Waals surface area contributed by atoms with Crippen LogP contribution in [-0.2, 0) is 17.9 Å². The predicted octanol–water partition coefficient (Wildman–Crippen LogP) is 4.94. The molecule has 3 aromatic rings. The van der Waals surface area contributed by atoms with Crippen molar-refractivity contribution in [2.75, 3.05) is 45.8 Å². The van der Waals surface area contributed by atoms with Gasteiger partial charge < -0.3 is 19.7 Å². The number of amides is 1. The average molecular weight is 652 g/mol. The van der Waals surface area contributed by atoms with Gasteiger partial charge in [0.05, 0.1) is 11.6 Å². The van der Waals surface area contributed by atoms with Gasteiger partial charge in [0.25, 0.3) is 5.91 Å². The SMILES string of the molecule is C=CCN1C[C@H](C)N([C@@H](C2=CC(C)(O)CC=C2)c2cccc(C(=O)N3CCN(Cc4cccc5c4ccn5CC(=O)O)CC3)c2)C[C@H]1C. The van der Waals surface area contributed by atoms with Gasteiger partial charge in [-0.25, -0.2) is 0 Å². The van der Waals surface area contributed by atoms with Crippen LogP contribution in [0.4, 0.5) is 0 Å². The summed E-state index contributed by atoms with van der Waals surface area (Å²) in [4.78, 5) is 34.6. The van der Waals surface area contributed by atoms with E-state index in [4.69, 9.17) is 0 Å². The molecule has 0 spiro atoms. The fraction of sp³-hybridized carbons (Fsp3) is 0.436. The van der Waals surface area contributed by atoms with Crippen molar-refractivity contribution >= 4 is 22.8 Å². The van der Waals surface area contributed by atoms with Crippen LogP contribution < -0.4 is 0 Å². The summed E-state index contributed by atoms with van der Waals surface area (Å²) in [6.07, 6.45) is 10.6. The fourth-order valence-corrected chi connectivity index (χ4v) is 7.73. The molecule has 48 heavy (non-hydrogen) atoms. The van der Waals surface area contributed by atoms with E-state index >= 15 is 0 Å². The number of aromatic nitrogens is 1. The number of rotatable bonds is 10. The van der Waals surface area contributed by atoms with Gasteiger partial charge in [0, 0.05) is 87.1 Å². The first kappa shape index (κ1) is 33.9. The smallest absolute Gasteiger partial charge is 0.323 e. The molecule has 0 saturated carbocycles. The summed E-state index contributed by atoms with van der Waals surface area (Å²) < 4.78 is 1.77. The number of aliphatic carboxylic acids is 1. The number of benzene rings is 2. The normalized spacial score (nSPS) is 24.8. The van der Waals surface area contributed by atoms with Crippen LogP contribution in [0.1, 0.15) is 54.7 Å². The summed E-state index contributed by atoms with van der Waals surface area (Å²) in [5, 5.41) is 21.4. The topological polar surface area (TPSA) is 92.5 Å². The molecule has 1 unspecified atom stereocenters.